The Kier molecular flexibility index (Phi) is 4.59. The second kappa shape index (κ2) is 4.68. The fourth-order valence-electron chi connectivity index (χ4n) is 2.07. The van der Waals surface area contributed by atoms with E-state index < -0.39 is 14.0 Å². The monoisotopic (exact) mass is 230 g/mol. The van der Waals surface area contributed by atoms with Crippen LogP contribution in [0.5, 0.6) is 0 Å². The lowest BCUT2D eigenvalue weighted by molar-refractivity contribution is -0.137. The number of hydrogen-bond donors (Lipinski definition) is 1. The van der Waals surface area contributed by atoms with Gasteiger partial charge in [0.05, 0.1) is 8.07 Å². The molecule has 90 valence electrons. The summed E-state index contributed by atoms with van der Waals surface area (Å²) in [5.74, 6) is -0.194. The van der Waals surface area contributed by atoms with Crippen LogP contribution in [0.15, 0.2) is 0 Å². The van der Waals surface area contributed by atoms with Crippen LogP contribution in [0.4, 0.5) is 0 Å². The van der Waals surface area contributed by atoms with Crippen LogP contribution in [0.1, 0.15) is 41.0 Å². The van der Waals surface area contributed by atoms with Crippen molar-refractivity contribution in [3.63, 3.8) is 0 Å². The quantitative estimate of drug-likeness (QED) is 0.741. The van der Waals surface area contributed by atoms with E-state index in [0.29, 0.717) is 17.9 Å². The minimum Gasteiger partial charge on any atom is -0.481 e. The molecule has 0 bridgehead atoms. The Balaban J connectivity index is 4.99. The molecule has 0 aliphatic rings. The smallest absolute Gasteiger partial charge is 0.303 e. The zero-order valence-corrected chi connectivity index (χ0v) is 12.2. The van der Waals surface area contributed by atoms with Crippen LogP contribution in [0.25, 0.3) is 0 Å². The van der Waals surface area contributed by atoms with Crippen LogP contribution >= 0.6 is 0 Å². The van der Waals surface area contributed by atoms with Crippen molar-refractivity contribution >= 4 is 14.0 Å². The maximum absolute atomic E-state index is 10.9. The van der Waals surface area contributed by atoms with Gasteiger partial charge in [-0.25, -0.2) is 0 Å². The molecule has 0 radical (unpaired) electrons. The highest BCUT2D eigenvalue weighted by Crippen LogP contribution is 2.47. The summed E-state index contributed by atoms with van der Waals surface area (Å²) in [7, 11) is -1.54. The molecule has 1 atom stereocenters. The molecule has 0 rings (SSSR count). The average molecular weight is 230 g/mol. The Morgan fingerprint density at radius 1 is 1.27 bits per heavy atom. The molecule has 1 N–H and O–H groups in total. The molecule has 0 aromatic carbocycles. The number of carboxylic acids is 1. The zero-order chi connectivity index (χ0) is 12.4. The van der Waals surface area contributed by atoms with Crippen molar-refractivity contribution < 1.29 is 9.90 Å². The first-order valence-electron chi connectivity index (χ1n) is 5.72. The molecule has 0 aromatic heterocycles. The van der Waals surface area contributed by atoms with Crippen molar-refractivity contribution in [1.82, 2.24) is 0 Å². The third-order valence-corrected chi connectivity index (χ3v) is 10.7. The highest BCUT2D eigenvalue weighted by atomic mass is 28.3. The molecule has 0 amide bonds. The van der Waals surface area contributed by atoms with Crippen molar-refractivity contribution in [2.75, 3.05) is 0 Å². The lowest BCUT2D eigenvalue weighted by Gasteiger charge is -2.44. The van der Waals surface area contributed by atoms with Crippen molar-refractivity contribution in [3.05, 3.63) is 0 Å². The van der Waals surface area contributed by atoms with E-state index in [1.54, 1.807) is 0 Å². The summed E-state index contributed by atoms with van der Waals surface area (Å²) in [5, 5.41) is 9.25. The summed E-state index contributed by atoms with van der Waals surface area (Å²) in [6.45, 7) is 15.7. The molecule has 0 spiro atoms. The fraction of sp³-hybridized carbons (Fsp3) is 0.917. The SMILES string of the molecule is CC(C)C(CC(=O)O)[Si](C)(C)C(C)(C)C. The van der Waals surface area contributed by atoms with Gasteiger partial charge >= 0.3 is 5.97 Å². The molecule has 0 saturated heterocycles. The molecule has 15 heavy (non-hydrogen) atoms. The maximum Gasteiger partial charge on any atom is 0.303 e. The lowest BCUT2D eigenvalue weighted by atomic mass is 10.1. The second-order valence-electron chi connectivity index (χ2n) is 6.42. The van der Waals surface area contributed by atoms with E-state index in [-0.39, 0.29) is 5.04 Å². The van der Waals surface area contributed by atoms with E-state index in [0.717, 1.165) is 0 Å². The van der Waals surface area contributed by atoms with Crippen LogP contribution < -0.4 is 0 Å². The van der Waals surface area contributed by atoms with Crippen molar-refractivity contribution in [2.24, 2.45) is 5.92 Å². The van der Waals surface area contributed by atoms with Gasteiger partial charge in [0.25, 0.3) is 0 Å². The number of hydrogen-bond acceptors (Lipinski definition) is 1. The summed E-state index contributed by atoms with van der Waals surface area (Å²) in [6, 6.07) is 0. The Hall–Kier alpha value is -0.313. The Bertz CT molecular complexity index is 226. The highest BCUT2D eigenvalue weighted by molar-refractivity contribution is 6.81. The fourth-order valence-corrected chi connectivity index (χ4v) is 5.53. The van der Waals surface area contributed by atoms with Crippen LogP contribution in [-0.2, 0) is 4.79 Å². The number of aliphatic carboxylic acids is 1. The summed E-state index contributed by atoms with van der Waals surface area (Å²) in [5.41, 5.74) is 0.356. The van der Waals surface area contributed by atoms with Gasteiger partial charge in [0, 0.05) is 6.42 Å². The Labute approximate surface area is 95.1 Å². The first-order chi connectivity index (χ1) is 6.50. The van der Waals surface area contributed by atoms with Gasteiger partial charge in [0.1, 0.15) is 0 Å². The standard InChI is InChI=1S/C12H26O2Si/c1-9(2)10(8-11(13)14)15(6,7)12(3,4)5/h9-10H,8H2,1-7H3,(H,13,14). The number of carboxylic acid groups (broad SMARTS) is 1. The largest absolute Gasteiger partial charge is 0.481 e. The maximum atomic E-state index is 10.9. The predicted octanol–water partition coefficient (Wildman–Crippen LogP) is 4.00. The van der Waals surface area contributed by atoms with E-state index in [2.05, 4.69) is 47.7 Å². The molecular weight excluding hydrogens is 204 g/mol. The molecule has 3 heteroatoms. The van der Waals surface area contributed by atoms with E-state index in [1.165, 1.54) is 0 Å². The number of carbonyl (C=O) groups is 1. The second-order valence-corrected chi connectivity index (χ2v) is 12.1. The van der Waals surface area contributed by atoms with Crippen LogP contribution in [0.3, 0.4) is 0 Å². The van der Waals surface area contributed by atoms with Crippen LogP contribution in [0, 0.1) is 5.92 Å². The van der Waals surface area contributed by atoms with Gasteiger partial charge in [0.15, 0.2) is 0 Å². The van der Waals surface area contributed by atoms with E-state index >= 15 is 0 Å². The van der Waals surface area contributed by atoms with Crippen molar-refractivity contribution in [2.45, 2.75) is 64.7 Å². The molecule has 1 unspecified atom stereocenters. The molecule has 0 heterocycles. The minimum absolute atomic E-state index is 0.261. The van der Waals surface area contributed by atoms with Gasteiger partial charge in [0.2, 0.25) is 0 Å². The summed E-state index contributed by atoms with van der Waals surface area (Å²) < 4.78 is 0. The summed E-state index contributed by atoms with van der Waals surface area (Å²) in [4.78, 5) is 10.9. The molecule has 2 nitrogen and oxygen atoms in total. The van der Waals surface area contributed by atoms with Gasteiger partial charge < -0.3 is 5.11 Å². The zero-order valence-electron chi connectivity index (χ0n) is 11.2. The topological polar surface area (TPSA) is 37.3 Å². The molecule has 0 aliphatic heterocycles. The molecule has 0 aliphatic carbocycles. The van der Waals surface area contributed by atoms with Crippen LogP contribution in [-0.4, -0.2) is 19.1 Å². The third-order valence-electron chi connectivity index (χ3n) is 4.06. The highest BCUT2D eigenvalue weighted by Gasteiger charge is 2.43. The first kappa shape index (κ1) is 14.7. The first-order valence-corrected chi connectivity index (χ1v) is 8.79. The van der Waals surface area contributed by atoms with Gasteiger partial charge in [-0.1, -0.05) is 47.7 Å². The predicted molar refractivity (Wildman–Crippen MR) is 68.0 cm³/mol. The van der Waals surface area contributed by atoms with Gasteiger partial charge in [-0.3, -0.25) is 4.79 Å². The van der Waals surface area contributed by atoms with E-state index in [1.807, 2.05) is 0 Å². The molecular formula is C12H26O2Si. The van der Waals surface area contributed by atoms with Crippen molar-refractivity contribution in [3.8, 4) is 0 Å². The lowest BCUT2D eigenvalue weighted by Crippen LogP contribution is -2.44. The molecule has 0 aromatic rings. The normalized spacial score (nSPS) is 15.5. The van der Waals surface area contributed by atoms with E-state index in [9.17, 15) is 4.79 Å². The van der Waals surface area contributed by atoms with Gasteiger partial charge in [-0.05, 0) is 16.5 Å². The Morgan fingerprint density at radius 2 is 1.67 bits per heavy atom. The van der Waals surface area contributed by atoms with Crippen LogP contribution in [0.2, 0.25) is 23.7 Å². The molecule has 0 saturated carbocycles. The van der Waals surface area contributed by atoms with E-state index in [4.69, 9.17) is 5.11 Å². The minimum atomic E-state index is -1.54. The van der Waals surface area contributed by atoms with Gasteiger partial charge in [-0.2, -0.15) is 0 Å². The van der Waals surface area contributed by atoms with Crippen molar-refractivity contribution in [1.29, 1.82) is 0 Å². The Morgan fingerprint density at radius 3 is 1.87 bits per heavy atom. The average Bonchev–Trinajstić information content (AvgIpc) is 1.96. The summed E-state index contributed by atoms with van der Waals surface area (Å²) >= 11 is 0. The number of rotatable bonds is 4. The third kappa shape index (κ3) is 3.63. The van der Waals surface area contributed by atoms with Gasteiger partial charge in [-0.15, -0.1) is 0 Å². The summed E-state index contributed by atoms with van der Waals surface area (Å²) in [6.07, 6.45) is 0.328. The molecule has 0 fully saturated rings.